The van der Waals surface area contributed by atoms with Gasteiger partial charge in [0.05, 0.1) is 0 Å². The molecule has 2 aromatic rings. The van der Waals surface area contributed by atoms with Crippen molar-refractivity contribution in [3.63, 3.8) is 0 Å². The Kier molecular flexibility index (Phi) is 7.87. The molecule has 0 unspecified atom stereocenters. The fourth-order valence-electron chi connectivity index (χ4n) is 3.90. The van der Waals surface area contributed by atoms with E-state index < -0.39 is 0 Å². The molecule has 0 aliphatic heterocycles. The highest BCUT2D eigenvalue weighted by Gasteiger charge is 2.10. The molecule has 28 heavy (non-hydrogen) atoms. The Morgan fingerprint density at radius 2 is 1.82 bits per heavy atom. The molecule has 0 spiro atoms. The van der Waals surface area contributed by atoms with Crippen molar-refractivity contribution in [2.75, 3.05) is 0 Å². The van der Waals surface area contributed by atoms with Crippen LogP contribution in [0.1, 0.15) is 66.5 Å². The number of benzene rings is 2. The number of hydrogen-bond donors (Lipinski definition) is 0. The molecule has 0 atom stereocenters. The number of allylic oxidation sites excluding steroid dienone is 1. The van der Waals surface area contributed by atoms with E-state index in [1.807, 2.05) is 0 Å². The molecule has 3 rings (SSSR count). The Balaban J connectivity index is 1.68. The van der Waals surface area contributed by atoms with E-state index in [2.05, 4.69) is 85.7 Å². The fraction of sp³-hybridized carbons (Fsp3) is 0.385. The highest BCUT2D eigenvalue weighted by molar-refractivity contribution is 14.1. The maximum atomic E-state index is 4.35. The van der Waals surface area contributed by atoms with Gasteiger partial charge in [-0.05, 0) is 120 Å². The van der Waals surface area contributed by atoms with Crippen LogP contribution in [0.3, 0.4) is 0 Å². The van der Waals surface area contributed by atoms with E-state index in [1.54, 1.807) is 22.9 Å². The Morgan fingerprint density at radius 1 is 1.07 bits per heavy atom. The quantitative estimate of drug-likeness (QED) is 0.283. The molecule has 2 heteroatoms. The van der Waals surface area contributed by atoms with Gasteiger partial charge in [0.15, 0.2) is 0 Å². The third kappa shape index (κ3) is 5.54. The first-order valence-electron chi connectivity index (χ1n) is 10.4. The van der Waals surface area contributed by atoms with Crippen molar-refractivity contribution in [2.45, 2.75) is 65.7 Å². The van der Waals surface area contributed by atoms with Crippen molar-refractivity contribution in [3.8, 4) is 0 Å². The third-order valence-corrected chi connectivity index (χ3v) is 7.72. The van der Waals surface area contributed by atoms with E-state index in [9.17, 15) is 0 Å². The molecule has 0 N–H and O–H groups in total. The van der Waals surface area contributed by atoms with Crippen molar-refractivity contribution >= 4 is 39.3 Å². The SMILES string of the molecule is C=C(S/C=C(\C)Cc1cc(CC)c(I)cc1C)c1ccc2c(c1)CCCCC2. The topological polar surface area (TPSA) is 0 Å². The van der Waals surface area contributed by atoms with Crippen LogP contribution in [-0.2, 0) is 25.7 Å². The fourth-order valence-corrected chi connectivity index (χ4v) is 5.59. The second kappa shape index (κ2) is 10.2. The molecular formula is C26H31IS. The summed E-state index contributed by atoms with van der Waals surface area (Å²) in [7, 11) is 0. The number of aryl methyl sites for hydroxylation is 4. The molecule has 148 valence electrons. The van der Waals surface area contributed by atoms with Crippen LogP contribution in [0.2, 0.25) is 0 Å². The lowest BCUT2D eigenvalue weighted by Crippen LogP contribution is -1.96. The van der Waals surface area contributed by atoms with E-state index in [0.717, 1.165) is 17.7 Å². The average Bonchev–Trinajstić information content (AvgIpc) is 2.93. The molecule has 0 amide bonds. The number of thioether (sulfide) groups is 1. The Hall–Kier alpha value is -1.00. The summed E-state index contributed by atoms with van der Waals surface area (Å²) in [5, 5.41) is 2.29. The van der Waals surface area contributed by atoms with E-state index in [-0.39, 0.29) is 0 Å². The molecule has 0 nitrogen and oxygen atoms in total. The summed E-state index contributed by atoms with van der Waals surface area (Å²) in [6.45, 7) is 11.1. The van der Waals surface area contributed by atoms with Crippen molar-refractivity contribution < 1.29 is 0 Å². The molecule has 1 aliphatic carbocycles. The van der Waals surface area contributed by atoms with Crippen LogP contribution >= 0.6 is 34.4 Å². The first-order valence-corrected chi connectivity index (χ1v) is 12.3. The third-order valence-electron chi connectivity index (χ3n) is 5.68. The predicted octanol–water partition coefficient (Wildman–Crippen LogP) is 8.28. The Labute approximate surface area is 189 Å². The Bertz CT molecular complexity index is 892. The average molecular weight is 503 g/mol. The summed E-state index contributed by atoms with van der Waals surface area (Å²) in [4.78, 5) is 1.15. The standard InChI is InChI=1S/C26H31IS/c1-5-21-15-25(19(3)14-26(21)27)13-18(2)17-28-20(4)23-12-11-22-9-7-6-8-10-24(22)16-23/h11-12,14-17H,4-10,13H2,1-3H3/b18-17+. The summed E-state index contributed by atoms with van der Waals surface area (Å²) < 4.78 is 1.38. The van der Waals surface area contributed by atoms with Gasteiger partial charge in [-0.1, -0.05) is 61.5 Å². The van der Waals surface area contributed by atoms with E-state index in [1.165, 1.54) is 63.5 Å². The van der Waals surface area contributed by atoms with Crippen LogP contribution in [0.15, 0.2) is 47.9 Å². The highest BCUT2D eigenvalue weighted by atomic mass is 127. The minimum absolute atomic E-state index is 1.01. The van der Waals surface area contributed by atoms with Crippen LogP contribution in [0.5, 0.6) is 0 Å². The number of halogens is 1. The molecule has 0 fully saturated rings. The minimum Gasteiger partial charge on any atom is -0.0981 e. The van der Waals surface area contributed by atoms with Gasteiger partial charge in [0, 0.05) is 8.48 Å². The second-order valence-electron chi connectivity index (χ2n) is 7.95. The van der Waals surface area contributed by atoms with E-state index >= 15 is 0 Å². The lowest BCUT2D eigenvalue weighted by atomic mass is 9.99. The van der Waals surface area contributed by atoms with E-state index in [4.69, 9.17) is 0 Å². The van der Waals surface area contributed by atoms with Gasteiger partial charge in [-0.25, -0.2) is 0 Å². The van der Waals surface area contributed by atoms with Crippen LogP contribution < -0.4 is 0 Å². The second-order valence-corrected chi connectivity index (χ2v) is 10.1. The van der Waals surface area contributed by atoms with Gasteiger partial charge in [-0.2, -0.15) is 0 Å². The monoisotopic (exact) mass is 502 g/mol. The van der Waals surface area contributed by atoms with Crippen LogP contribution in [0.4, 0.5) is 0 Å². The first-order chi connectivity index (χ1) is 13.5. The van der Waals surface area contributed by atoms with E-state index in [0.29, 0.717) is 0 Å². The van der Waals surface area contributed by atoms with Gasteiger partial charge < -0.3 is 0 Å². The molecule has 0 radical (unpaired) electrons. The lowest BCUT2D eigenvalue weighted by molar-refractivity contribution is 0.711. The maximum Gasteiger partial charge on any atom is 0.0165 e. The van der Waals surface area contributed by atoms with Gasteiger partial charge >= 0.3 is 0 Å². The van der Waals surface area contributed by atoms with Gasteiger partial charge in [0.2, 0.25) is 0 Å². The zero-order valence-electron chi connectivity index (χ0n) is 17.4. The molecule has 0 aromatic heterocycles. The van der Waals surface area contributed by atoms with Crippen molar-refractivity contribution in [3.05, 3.63) is 84.8 Å². The van der Waals surface area contributed by atoms with Crippen molar-refractivity contribution in [1.29, 1.82) is 0 Å². The molecule has 0 saturated carbocycles. The largest absolute Gasteiger partial charge is 0.0981 e. The predicted molar refractivity (Wildman–Crippen MR) is 135 cm³/mol. The maximum absolute atomic E-state index is 4.35. The summed E-state index contributed by atoms with van der Waals surface area (Å²) >= 11 is 4.23. The van der Waals surface area contributed by atoms with Gasteiger partial charge in [0.1, 0.15) is 0 Å². The Morgan fingerprint density at radius 3 is 2.57 bits per heavy atom. The lowest BCUT2D eigenvalue weighted by Gasteiger charge is -2.12. The minimum atomic E-state index is 1.01. The van der Waals surface area contributed by atoms with Gasteiger partial charge in [0.25, 0.3) is 0 Å². The molecular weight excluding hydrogens is 471 g/mol. The first kappa shape index (κ1) is 21.7. The summed E-state index contributed by atoms with van der Waals surface area (Å²) in [6.07, 6.45) is 8.59. The van der Waals surface area contributed by atoms with Crippen LogP contribution in [0.25, 0.3) is 4.91 Å². The van der Waals surface area contributed by atoms with Gasteiger partial charge in [-0.15, -0.1) is 0 Å². The zero-order chi connectivity index (χ0) is 20.1. The highest BCUT2D eigenvalue weighted by Crippen LogP contribution is 2.31. The molecule has 0 saturated heterocycles. The molecule has 0 heterocycles. The zero-order valence-corrected chi connectivity index (χ0v) is 20.4. The normalized spacial score (nSPS) is 14.5. The summed E-state index contributed by atoms with van der Waals surface area (Å²) in [5.74, 6) is 0. The van der Waals surface area contributed by atoms with Crippen LogP contribution in [-0.4, -0.2) is 0 Å². The van der Waals surface area contributed by atoms with Crippen LogP contribution in [0, 0.1) is 10.5 Å². The molecule has 0 bridgehead atoms. The number of fused-ring (bicyclic) bond motifs is 1. The molecule has 1 aliphatic rings. The van der Waals surface area contributed by atoms with Crippen molar-refractivity contribution in [2.24, 2.45) is 0 Å². The van der Waals surface area contributed by atoms with Gasteiger partial charge in [-0.3, -0.25) is 0 Å². The smallest absolute Gasteiger partial charge is 0.0165 e. The summed E-state index contributed by atoms with van der Waals surface area (Å²) in [6, 6.07) is 11.7. The number of hydrogen-bond acceptors (Lipinski definition) is 1. The van der Waals surface area contributed by atoms with Crippen molar-refractivity contribution in [1.82, 2.24) is 0 Å². The summed E-state index contributed by atoms with van der Waals surface area (Å²) in [5.41, 5.74) is 10.1. The molecule has 2 aromatic carbocycles. The number of rotatable bonds is 6.